The Morgan fingerprint density at radius 2 is 1.61 bits per heavy atom. The fourth-order valence-electron chi connectivity index (χ4n) is 8.92. The number of hydrogen-bond donors (Lipinski definition) is 1. The standard InChI is InChI=1S/C49H49N11O6/c1-32-41-26-38(8-9-40(41)49(65)60(54-32)43-11-12-44(61)53-48(43)64)57-22-20-56(21-23-57)17-16-45(62)58-18-14-33(15-19-58)31-66-39-28-51-47(52-29-39)37-7-3-5-35(25-37)30-59-46(63)13-10-42(55-59)36-6-2-4-34(24-36)27-50/h2-10,13,24-26,28-29,33,43H,11-12,14-23,30-31H2,1H3,(H,53,61,64). The highest BCUT2D eigenvalue weighted by Crippen LogP contribution is 2.26. The van der Waals surface area contributed by atoms with Crippen molar-refractivity contribution in [1.82, 2.24) is 44.6 Å². The van der Waals surface area contributed by atoms with E-state index >= 15 is 0 Å². The van der Waals surface area contributed by atoms with Gasteiger partial charge in [0.05, 0.1) is 54.0 Å². The molecule has 3 aliphatic heterocycles. The van der Waals surface area contributed by atoms with Crippen molar-refractivity contribution < 1.29 is 19.1 Å². The Morgan fingerprint density at radius 1 is 0.833 bits per heavy atom. The van der Waals surface area contributed by atoms with Crippen LogP contribution < -0.4 is 26.1 Å². The number of carbonyl (C=O) groups is 3. The number of anilines is 1. The number of piperidine rings is 2. The van der Waals surface area contributed by atoms with Crippen LogP contribution in [0.1, 0.15) is 55.0 Å². The van der Waals surface area contributed by atoms with E-state index in [9.17, 15) is 29.2 Å². The number of fused-ring (bicyclic) bond motifs is 1. The van der Waals surface area contributed by atoms with E-state index in [0.29, 0.717) is 72.5 Å². The second-order valence-corrected chi connectivity index (χ2v) is 17.1. The van der Waals surface area contributed by atoms with Gasteiger partial charge in [-0.15, -0.1) is 0 Å². The largest absolute Gasteiger partial charge is 0.490 e. The fourth-order valence-corrected chi connectivity index (χ4v) is 8.92. The molecule has 66 heavy (non-hydrogen) atoms. The maximum Gasteiger partial charge on any atom is 0.275 e. The molecule has 0 aliphatic carbocycles. The number of aryl methyl sites for hydroxylation is 1. The molecule has 3 aromatic carbocycles. The number of likely N-dealkylation sites (tertiary alicyclic amines) is 1. The van der Waals surface area contributed by atoms with Gasteiger partial charge in [0.25, 0.3) is 17.0 Å². The van der Waals surface area contributed by atoms with Crippen LogP contribution in [0, 0.1) is 24.2 Å². The van der Waals surface area contributed by atoms with Gasteiger partial charge in [-0.05, 0) is 80.1 Å². The molecule has 336 valence electrons. The monoisotopic (exact) mass is 887 g/mol. The summed E-state index contributed by atoms with van der Waals surface area (Å²) in [6.07, 6.45) is 5.93. The van der Waals surface area contributed by atoms with Gasteiger partial charge in [-0.3, -0.25) is 34.2 Å². The number of nitriles is 1. The Labute approximate surface area is 380 Å². The average molecular weight is 888 g/mol. The Balaban J connectivity index is 0.706. The Morgan fingerprint density at radius 3 is 2.38 bits per heavy atom. The third-order valence-corrected chi connectivity index (χ3v) is 12.7. The second-order valence-electron chi connectivity index (χ2n) is 17.1. The summed E-state index contributed by atoms with van der Waals surface area (Å²) in [6, 6.07) is 25.0. The number of ether oxygens (including phenoxy) is 1. The van der Waals surface area contributed by atoms with E-state index in [1.165, 1.54) is 15.4 Å². The molecule has 3 amide bonds. The van der Waals surface area contributed by atoms with Crippen LogP contribution in [0.4, 0.5) is 5.69 Å². The summed E-state index contributed by atoms with van der Waals surface area (Å²) >= 11 is 0. The van der Waals surface area contributed by atoms with Crippen LogP contribution in [-0.2, 0) is 20.9 Å². The molecule has 1 unspecified atom stereocenters. The molecular formula is C49H49N11O6. The van der Waals surface area contributed by atoms with Crippen LogP contribution in [0.3, 0.4) is 0 Å². The number of nitrogens with zero attached hydrogens (tertiary/aromatic N) is 10. The molecule has 17 nitrogen and oxygen atoms in total. The van der Waals surface area contributed by atoms with Crippen molar-refractivity contribution in [2.45, 2.75) is 51.6 Å². The van der Waals surface area contributed by atoms with Crippen LogP contribution in [-0.4, -0.2) is 109 Å². The molecule has 6 aromatic rings. The number of aromatic nitrogens is 6. The number of nitrogens with one attached hydrogen (secondary N) is 1. The van der Waals surface area contributed by atoms with Gasteiger partial charge in [0, 0.05) is 86.9 Å². The number of hydrogen-bond acceptors (Lipinski definition) is 13. The number of amides is 3. The first-order chi connectivity index (χ1) is 32.1. The molecule has 6 heterocycles. The van der Waals surface area contributed by atoms with Crippen LogP contribution in [0.5, 0.6) is 5.75 Å². The zero-order chi connectivity index (χ0) is 45.7. The zero-order valence-corrected chi connectivity index (χ0v) is 36.6. The number of benzene rings is 3. The summed E-state index contributed by atoms with van der Waals surface area (Å²) in [5.41, 5.74) is 4.58. The highest BCUT2D eigenvalue weighted by Gasteiger charge is 2.31. The van der Waals surface area contributed by atoms with E-state index in [1.807, 2.05) is 54.3 Å². The molecule has 9 rings (SSSR count). The van der Waals surface area contributed by atoms with Gasteiger partial charge in [0.2, 0.25) is 11.8 Å². The number of piperazine rings is 1. The van der Waals surface area contributed by atoms with Gasteiger partial charge in [0.1, 0.15) is 6.04 Å². The van der Waals surface area contributed by atoms with Gasteiger partial charge in [0.15, 0.2) is 11.6 Å². The van der Waals surface area contributed by atoms with Gasteiger partial charge < -0.3 is 14.5 Å². The highest BCUT2D eigenvalue weighted by atomic mass is 16.5. The molecule has 0 spiro atoms. The van der Waals surface area contributed by atoms with Crippen molar-refractivity contribution in [1.29, 1.82) is 5.26 Å². The molecule has 1 atom stereocenters. The molecule has 3 saturated heterocycles. The van der Waals surface area contributed by atoms with E-state index in [-0.39, 0.29) is 42.3 Å². The fraction of sp³-hybridized carbons (Fsp3) is 0.347. The second kappa shape index (κ2) is 19.3. The molecule has 0 radical (unpaired) electrons. The third-order valence-electron chi connectivity index (χ3n) is 12.7. The normalized spacial score (nSPS) is 17.1. The molecule has 0 saturated carbocycles. The minimum atomic E-state index is -0.809. The molecule has 1 N–H and O–H groups in total. The number of carbonyl (C=O) groups excluding carboxylic acids is 3. The first-order valence-electron chi connectivity index (χ1n) is 22.3. The predicted molar refractivity (Wildman–Crippen MR) is 245 cm³/mol. The Hall–Kier alpha value is -7.58. The lowest BCUT2D eigenvalue weighted by Crippen LogP contribution is -2.48. The molecular weight excluding hydrogens is 839 g/mol. The topological polar surface area (TPSA) is 202 Å². The molecule has 3 aliphatic rings. The maximum absolute atomic E-state index is 13.4. The van der Waals surface area contributed by atoms with Gasteiger partial charge in [-0.1, -0.05) is 30.3 Å². The number of imide groups is 1. The molecule has 17 heteroatoms. The van der Waals surface area contributed by atoms with Crippen LogP contribution in [0.15, 0.2) is 101 Å². The van der Waals surface area contributed by atoms with Crippen molar-refractivity contribution in [3.8, 4) is 34.5 Å². The number of rotatable bonds is 12. The summed E-state index contributed by atoms with van der Waals surface area (Å²) in [7, 11) is 0. The summed E-state index contributed by atoms with van der Waals surface area (Å²) in [5, 5.41) is 21.9. The summed E-state index contributed by atoms with van der Waals surface area (Å²) < 4.78 is 8.72. The van der Waals surface area contributed by atoms with Crippen molar-refractivity contribution in [3.05, 3.63) is 129 Å². The SMILES string of the molecule is Cc1nn(C2CCC(=O)NC2=O)c(=O)c2ccc(N3CCN(CCC(=O)N4CCC(COc5cnc(-c6cccc(Cn7nc(-c8cccc(C#N)c8)ccc7=O)c6)nc5)CC4)CC3)cc12. The molecule has 3 fully saturated rings. The smallest absolute Gasteiger partial charge is 0.275 e. The lowest BCUT2D eigenvalue weighted by molar-refractivity contribution is -0.136. The highest BCUT2D eigenvalue weighted by molar-refractivity contribution is 5.99. The lowest BCUT2D eigenvalue weighted by atomic mass is 9.97. The Bertz CT molecular complexity index is 2960. The molecule has 3 aromatic heterocycles. The van der Waals surface area contributed by atoms with E-state index in [4.69, 9.17) is 4.74 Å². The summed E-state index contributed by atoms with van der Waals surface area (Å²) in [5.74, 6) is 0.743. The third kappa shape index (κ3) is 9.73. The van der Waals surface area contributed by atoms with Crippen LogP contribution in [0.25, 0.3) is 33.4 Å². The first kappa shape index (κ1) is 43.7. The average Bonchev–Trinajstić information content (AvgIpc) is 3.35. The minimum Gasteiger partial charge on any atom is -0.490 e. The van der Waals surface area contributed by atoms with E-state index in [1.54, 1.807) is 42.7 Å². The van der Waals surface area contributed by atoms with E-state index < -0.39 is 11.9 Å². The molecule has 0 bridgehead atoms. The van der Waals surface area contributed by atoms with Gasteiger partial charge in [-0.25, -0.2) is 19.3 Å². The van der Waals surface area contributed by atoms with E-state index in [2.05, 4.69) is 41.4 Å². The van der Waals surface area contributed by atoms with Crippen LogP contribution >= 0.6 is 0 Å². The predicted octanol–water partition coefficient (Wildman–Crippen LogP) is 4.11. The van der Waals surface area contributed by atoms with Crippen molar-refractivity contribution in [2.24, 2.45) is 5.92 Å². The van der Waals surface area contributed by atoms with Crippen molar-refractivity contribution in [2.75, 3.05) is 57.3 Å². The summed E-state index contributed by atoms with van der Waals surface area (Å²) in [6.45, 7) is 7.87. The van der Waals surface area contributed by atoms with Gasteiger partial charge in [-0.2, -0.15) is 15.5 Å². The van der Waals surface area contributed by atoms with Gasteiger partial charge >= 0.3 is 0 Å². The summed E-state index contributed by atoms with van der Waals surface area (Å²) in [4.78, 5) is 79.2. The quantitative estimate of drug-likeness (QED) is 0.172. The lowest BCUT2D eigenvalue weighted by Gasteiger charge is -2.37. The maximum atomic E-state index is 13.4. The van der Waals surface area contributed by atoms with E-state index in [0.717, 1.165) is 66.8 Å². The van der Waals surface area contributed by atoms with Crippen molar-refractivity contribution in [3.63, 3.8) is 0 Å². The zero-order valence-electron chi connectivity index (χ0n) is 36.6. The Kier molecular flexibility index (Phi) is 12.7. The first-order valence-corrected chi connectivity index (χ1v) is 22.3. The van der Waals surface area contributed by atoms with Crippen LogP contribution in [0.2, 0.25) is 0 Å². The minimum absolute atomic E-state index is 0.166. The van der Waals surface area contributed by atoms with Crippen molar-refractivity contribution >= 4 is 34.2 Å².